The van der Waals surface area contributed by atoms with E-state index >= 15 is 0 Å². The molecule has 0 radical (unpaired) electrons. The molecule has 5 atom stereocenters. The first-order valence-electron chi connectivity index (χ1n) is 12.3. The molecular weight excluding hydrogens is 448 g/mol. The quantitative estimate of drug-likeness (QED) is 0.268. The summed E-state index contributed by atoms with van der Waals surface area (Å²) < 4.78 is 0. The number of benzene rings is 1. The molecular formula is C26H42N4O5. The lowest BCUT2D eigenvalue weighted by Gasteiger charge is -2.29. The van der Waals surface area contributed by atoms with Gasteiger partial charge in [-0.25, -0.2) is 4.79 Å². The van der Waals surface area contributed by atoms with Gasteiger partial charge in [-0.05, 0) is 36.2 Å². The maximum absolute atomic E-state index is 13.2. The monoisotopic (exact) mass is 490 g/mol. The number of hydrogen-bond donors (Lipinski definition) is 5. The van der Waals surface area contributed by atoms with E-state index in [0.717, 1.165) is 5.56 Å². The van der Waals surface area contributed by atoms with E-state index < -0.39 is 47.9 Å². The van der Waals surface area contributed by atoms with Gasteiger partial charge in [0, 0.05) is 0 Å². The highest BCUT2D eigenvalue weighted by atomic mass is 16.4. The van der Waals surface area contributed by atoms with Crippen LogP contribution in [-0.2, 0) is 25.6 Å². The van der Waals surface area contributed by atoms with Gasteiger partial charge in [-0.15, -0.1) is 0 Å². The Labute approximate surface area is 208 Å². The van der Waals surface area contributed by atoms with E-state index in [-0.39, 0.29) is 17.8 Å². The number of hydrogen-bond acceptors (Lipinski definition) is 5. The molecule has 0 aromatic heterocycles. The second-order valence-corrected chi connectivity index (χ2v) is 9.93. The fourth-order valence-corrected chi connectivity index (χ4v) is 3.65. The van der Waals surface area contributed by atoms with Crippen molar-refractivity contribution in [2.75, 3.05) is 0 Å². The molecule has 0 heterocycles. The van der Waals surface area contributed by atoms with Gasteiger partial charge in [0.1, 0.15) is 18.1 Å². The number of rotatable bonds is 14. The van der Waals surface area contributed by atoms with Crippen molar-refractivity contribution in [3.63, 3.8) is 0 Å². The smallest absolute Gasteiger partial charge is 0.326 e. The number of aliphatic carboxylic acids is 1. The van der Waals surface area contributed by atoms with E-state index in [1.165, 1.54) is 0 Å². The maximum Gasteiger partial charge on any atom is 0.326 e. The zero-order chi connectivity index (χ0) is 26.7. The summed E-state index contributed by atoms with van der Waals surface area (Å²) in [6, 6.07) is 5.62. The second-order valence-electron chi connectivity index (χ2n) is 9.93. The molecule has 0 bridgehead atoms. The second kappa shape index (κ2) is 14.5. The van der Waals surface area contributed by atoms with Crippen molar-refractivity contribution in [1.82, 2.24) is 16.0 Å². The van der Waals surface area contributed by atoms with Crippen LogP contribution in [0.2, 0.25) is 0 Å². The van der Waals surface area contributed by atoms with Crippen LogP contribution in [0.1, 0.15) is 59.9 Å². The predicted molar refractivity (Wildman–Crippen MR) is 135 cm³/mol. The summed E-state index contributed by atoms with van der Waals surface area (Å²) in [5.41, 5.74) is 7.00. The van der Waals surface area contributed by atoms with E-state index in [1.54, 1.807) is 13.8 Å². The Kier molecular flexibility index (Phi) is 12.4. The van der Waals surface area contributed by atoms with E-state index in [9.17, 15) is 24.3 Å². The SMILES string of the molecule is CCC(C)C(NC(=O)C(CC(C)C)NC(=O)C(N)Cc1ccccc1)C(=O)NC(C(=O)O)C(C)C. The van der Waals surface area contributed by atoms with Gasteiger partial charge in [0.2, 0.25) is 17.7 Å². The predicted octanol–water partition coefficient (Wildman–Crippen LogP) is 1.84. The normalized spacial score (nSPS) is 15.6. The molecule has 1 rings (SSSR count). The van der Waals surface area contributed by atoms with Crippen molar-refractivity contribution in [2.45, 2.75) is 85.0 Å². The fraction of sp³-hybridized carbons (Fsp3) is 0.615. The van der Waals surface area contributed by atoms with Crippen molar-refractivity contribution in [2.24, 2.45) is 23.5 Å². The Bertz CT molecular complexity index is 843. The lowest BCUT2D eigenvalue weighted by Crippen LogP contribution is -2.59. The summed E-state index contributed by atoms with van der Waals surface area (Å²) in [6.45, 7) is 10.9. The minimum atomic E-state index is -1.14. The van der Waals surface area contributed by atoms with Gasteiger partial charge < -0.3 is 26.8 Å². The fourth-order valence-electron chi connectivity index (χ4n) is 3.65. The summed E-state index contributed by atoms with van der Waals surface area (Å²) in [7, 11) is 0. The van der Waals surface area contributed by atoms with E-state index in [1.807, 2.05) is 58.0 Å². The molecule has 0 saturated heterocycles. The first kappa shape index (κ1) is 30.1. The number of amides is 3. The van der Waals surface area contributed by atoms with Gasteiger partial charge >= 0.3 is 5.97 Å². The lowest BCUT2D eigenvalue weighted by atomic mass is 9.95. The number of carbonyl (C=O) groups is 4. The first-order chi connectivity index (χ1) is 16.4. The molecule has 196 valence electrons. The van der Waals surface area contributed by atoms with Crippen LogP contribution in [0.4, 0.5) is 0 Å². The molecule has 6 N–H and O–H groups in total. The number of carboxylic acid groups (broad SMARTS) is 1. The molecule has 0 spiro atoms. The Morgan fingerprint density at radius 3 is 1.91 bits per heavy atom. The molecule has 5 unspecified atom stereocenters. The number of nitrogens with two attached hydrogens (primary N) is 1. The standard InChI is InChI=1S/C26H42N4O5/c1-7-17(6)22(25(33)29-21(16(4)5)26(34)35)30-24(32)20(13-15(2)3)28-23(31)19(27)14-18-11-9-8-10-12-18/h8-12,15-17,19-22H,7,13-14,27H2,1-6H3,(H,28,31)(H,29,33)(H,30,32)(H,34,35). The van der Waals surface area contributed by atoms with Crippen LogP contribution < -0.4 is 21.7 Å². The van der Waals surface area contributed by atoms with Crippen LogP contribution in [0.3, 0.4) is 0 Å². The Morgan fingerprint density at radius 2 is 1.43 bits per heavy atom. The van der Waals surface area contributed by atoms with Crippen LogP contribution in [0, 0.1) is 17.8 Å². The molecule has 9 heteroatoms. The summed E-state index contributed by atoms with van der Waals surface area (Å²) in [6.07, 6.45) is 1.27. The lowest BCUT2D eigenvalue weighted by molar-refractivity contribution is -0.144. The van der Waals surface area contributed by atoms with Crippen molar-refractivity contribution in [3.05, 3.63) is 35.9 Å². The average Bonchev–Trinajstić information content (AvgIpc) is 2.79. The first-order valence-corrected chi connectivity index (χ1v) is 12.3. The van der Waals surface area contributed by atoms with Crippen LogP contribution in [-0.4, -0.2) is 53.0 Å². The van der Waals surface area contributed by atoms with Crippen LogP contribution in [0.25, 0.3) is 0 Å². The largest absolute Gasteiger partial charge is 0.480 e. The van der Waals surface area contributed by atoms with Crippen molar-refractivity contribution in [1.29, 1.82) is 0 Å². The van der Waals surface area contributed by atoms with Crippen LogP contribution in [0.5, 0.6) is 0 Å². The number of carboxylic acids is 1. The highest BCUT2D eigenvalue weighted by molar-refractivity contribution is 5.94. The maximum atomic E-state index is 13.2. The van der Waals surface area contributed by atoms with Gasteiger partial charge in [-0.1, -0.05) is 78.3 Å². The summed E-state index contributed by atoms with van der Waals surface area (Å²) in [5, 5.41) is 17.5. The Balaban J connectivity index is 2.98. The van der Waals surface area contributed by atoms with Crippen molar-refractivity contribution < 1.29 is 24.3 Å². The van der Waals surface area contributed by atoms with E-state index in [2.05, 4.69) is 16.0 Å². The molecule has 0 aliphatic carbocycles. The molecule has 35 heavy (non-hydrogen) atoms. The minimum Gasteiger partial charge on any atom is -0.480 e. The van der Waals surface area contributed by atoms with Crippen molar-refractivity contribution >= 4 is 23.7 Å². The zero-order valence-corrected chi connectivity index (χ0v) is 21.7. The van der Waals surface area contributed by atoms with Gasteiger partial charge in [-0.3, -0.25) is 14.4 Å². The van der Waals surface area contributed by atoms with Gasteiger partial charge in [0.25, 0.3) is 0 Å². The topological polar surface area (TPSA) is 151 Å². The van der Waals surface area contributed by atoms with Crippen LogP contribution in [0.15, 0.2) is 30.3 Å². The van der Waals surface area contributed by atoms with E-state index in [0.29, 0.717) is 19.3 Å². The third-order valence-corrected chi connectivity index (χ3v) is 6.00. The van der Waals surface area contributed by atoms with Gasteiger partial charge in [-0.2, -0.15) is 0 Å². The molecule has 0 fully saturated rings. The van der Waals surface area contributed by atoms with E-state index in [4.69, 9.17) is 5.73 Å². The Hall–Kier alpha value is -2.94. The molecule has 3 amide bonds. The summed E-state index contributed by atoms with van der Waals surface area (Å²) in [5.74, 6) is -3.16. The number of carbonyl (C=O) groups excluding carboxylic acids is 3. The summed E-state index contributed by atoms with van der Waals surface area (Å²) in [4.78, 5) is 50.5. The third kappa shape index (κ3) is 10.1. The minimum absolute atomic E-state index is 0.0876. The van der Waals surface area contributed by atoms with Gasteiger partial charge in [0.15, 0.2) is 0 Å². The Morgan fingerprint density at radius 1 is 0.857 bits per heavy atom. The van der Waals surface area contributed by atoms with Crippen molar-refractivity contribution in [3.8, 4) is 0 Å². The molecule has 0 aliphatic heterocycles. The highest BCUT2D eigenvalue weighted by Crippen LogP contribution is 2.13. The molecule has 0 aliphatic rings. The highest BCUT2D eigenvalue weighted by Gasteiger charge is 2.33. The van der Waals surface area contributed by atoms with Crippen LogP contribution >= 0.6 is 0 Å². The number of nitrogens with one attached hydrogen (secondary N) is 3. The molecule has 1 aromatic rings. The molecule has 9 nitrogen and oxygen atoms in total. The molecule has 1 aromatic carbocycles. The molecule has 0 saturated carbocycles. The van der Waals surface area contributed by atoms with Gasteiger partial charge in [0.05, 0.1) is 6.04 Å². The average molecular weight is 491 g/mol. The third-order valence-electron chi connectivity index (χ3n) is 6.00. The summed E-state index contributed by atoms with van der Waals surface area (Å²) >= 11 is 0. The zero-order valence-electron chi connectivity index (χ0n) is 21.7.